The maximum absolute atomic E-state index is 11.7. The van der Waals surface area contributed by atoms with E-state index in [1.165, 1.54) is 12.1 Å². The average Bonchev–Trinajstić information content (AvgIpc) is 2.29. The minimum absolute atomic E-state index is 0. The average molecular weight is 253 g/mol. The molecule has 6 heteroatoms. The Morgan fingerprint density at radius 3 is 2.83 bits per heavy atom. The molecule has 2 aromatic rings. The molecular weight excluding hydrogens is 245 g/mol. The molecule has 0 radical (unpaired) electrons. The molecule has 0 N–H and O–H groups in total. The molecule has 0 aliphatic heterocycles. The van der Waals surface area contributed by atoms with Gasteiger partial charge in [-0.3, -0.25) is 0 Å². The van der Waals surface area contributed by atoms with Crippen molar-refractivity contribution in [2.45, 2.75) is 6.92 Å². The summed E-state index contributed by atoms with van der Waals surface area (Å²) in [4.78, 5) is 11.3. The molecule has 0 unspecified atom stereocenters. The van der Waals surface area contributed by atoms with Crippen molar-refractivity contribution in [1.82, 2.24) is 0 Å². The molecule has 0 aliphatic rings. The first-order valence-corrected chi connectivity index (χ1v) is 4.98. The maximum atomic E-state index is 11.7. The number of rotatable bonds is 2. The van der Waals surface area contributed by atoms with Crippen molar-refractivity contribution in [3.8, 4) is 17.6 Å². The van der Waals surface area contributed by atoms with E-state index in [9.17, 15) is 9.90 Å². The van der Waals surface area contributed by atoms with Gasteiger partial charge in [-0.2, -0.15) is 5.26 Å². The second-order valence-corrected chi connectivity index (χ2v) is 3.30. The molecule has 1 aromatic heterocycles. The second-order valence-electron chi connectivity index (χ2n) is 3.30. The van der Waals surface area contributed by atoms with Crippen molar-refractivity contribution >= 4 is 11.0 Å². The molecule has 0 amide bonds. The Morgan fingerprint density at radius 1 is 1.50 bits per heavy atom. The van der Waals surface area contributed by atoms with Crippen LogP contribution in [0.1, 0.15) is 12.5 Å². The van der Waals surface area contributed by atoms with Crippen molar-refractivity contribution in [2.24, 2.45) is 0 Å². The third-order valence-electron chi connectivity index (χ3n) is 2.25. The molecule has 0 saturated heterocycles. The SMILES string of the molecule is CCOc1ccc2c([O-])c(C#N)c(=O)oc2c1.[Na+]. The summed E-state index contributed by atoms with van der Waals surface area (Å²) in [5, 5.41) is 20.6. The third-order valence-corrected chi connectivity index (χ3v) is 2.25. The van der Waals surface area contributed by atoms with Crippen LogP contribution in [0.5, 0.6) is 11.5 Å². The van der Waals surface area contributed by atoms with Crippen LogP contribution in [-0.2, 0) is 0 Å². The molecule has 0 bridgehead atoms. The first-order chi connectivity index (χ1) is 8.17. The van der Waals surface area contributed by atoms with Crippen LogP contribution in [0.25, 0.3) is 11.0 Å². The van der Waals surface area contributed by atoms with Crippen LogP contribution in [0, 0.1) is 11.3 Å². The van der Waals surface area contributed by atoms with Crippen molar-refractivity contribution in [1.29, 1.82) is 5.26 Å². The summed E-state index contributed by atoms with van der Waals surface area (Å²) in [7, 11) is 0. The number of hydrogen-bond acceptors (Lipinski definition) is 5. The fourth-order valence-electron chi connectivity index (χ4n) is 1.51. The van der Waals surface area contributed by atoms with Crippen LogP contribution >= 0.6 is 0 Å². The number of benzene rings is 1. The van der Waals surface area contributed by atoms with E-state index >= 15 is 0 Å². The third kappa shape index (κ3) is 2.51. The molecule has 1 heterocycles. The van der Waals surface area contributed by atoms with Crippen molar-refractivity contribution in [3.05, 3.63) is 34.2 Å². The molecule has 18 heavy (non-hydrogen) atoms. The van der Waals surface area contributed by atoms with Crippen LogP contribution < -0.4 is 45.0 Å². The molecule has 0 aliphatic carbocycles. The van der Waals surface area contributed by atoms with Gasteiger partial charge in [0.25, 0.3) is 0 Å². The fourth-order valence-corrected chi connectivity index (χ4v) is 1.51. The number of ether oxygens (including phenoxy) is 1. The molecule has 0 spiro atoms. The normalized spacial score (nSPS) is 9.56. The number of fused-ring (bicyclic) bond motifs is 1. The van der Waals surface area contributed by atoms with Gasteiger partial charge in [0, 0.05) is 11.5 Å². The van der Waals surface area contributed by atoms with Gasteiger partial charge in [-0.05, 0) is 19.1 Å². The maximum Gasteiger partial charge on any atom is 1.00 e. The Labute approximate surface area is 125 Å². The second kappa shape index (κ2) is 5.91. The van der Waals surface area contributed by atoms with E-state index < -0.39 is 16.9 Å². The summed E-state index contributed by atoms with van der Waals surface area (Å²) in [6, 6.07) is 6.08. The molecule has 0 saturated carbocycles. The zero-order valence-corrected chi connectivity index (χ0v) is 12.0. The molecule has 86 valence electrons. The van der Waals surface area contributed by atoms with Gasteiger partial charge in [-0.15, -0.1) is 0 Å². The van der Waals surface area contributed by atoms with E-state index in [2.05, 4.69) is 0 Å². The van der Waals surface area contributed by atoms with E-state index in [1.54, 1.807) is 12.1 Å². The van der Waals surface area contributed by atoms with Gasteiger partial charge < -0.3 is 14.3 Å². The van der Waals surface area contributed by atoms with E-state index in [0.717, 1.165) is 0 Å². The minimum atomic E-state index is -0.918. The van der Waals surface area contributed by atoms with Crippen molar-refractivity contribution < 1.29 is 43.8 Å². The summed E-state index contributed by atoms with van der Waals surface area (Å²) in [5.41, 5.74) is -1.29. The summed E-state index contributed by atoms with van der Waals surface area (Å²) in [6.07, 6.45) is 0. The monoisotopic (exact) mass is 253 g/mol. The zero-order valence-electron chi connectivity index (χ0n) is 10.0. The van der Waals surface area contributed by atoms with Gasteiger partial charge in [-0.25, -0.2) is 4.79 Å². The summed E-state index contributed by atoms with van der Waals surface area (Å²) in [6.45, 7) is 2.29. The number of nitrogens with zero attached hydrogens (tertiary/aromatic N) is 1. The summed E-state index contributed by atoms with van der Waals surface area (Å²) >= 11 is 0. The number of nitriles is 1. The summed E-state index contributed by atoms with van der Waals surface area (Å²) in [5.74, 6) is -0.103. The Bertz CT molecular complexity index is 672. The molecule has 2 rings (SSSR count). The Kier molecular flexibility index (Phi) is 4.79. The van der Waals surface area contributed by atoms with Gasteiger partial charge >= 0.3 is 35.2 Å². The van der Waals surface area contributed by atoms with Gasteiger partial charge in [0.2, 0.25) is 0 Å². The fraction of sp³-hybridized carbons (Fsp3) is 0.167. The first-order valence-electron chi connectivity index (χ1n) is 4.98. The van der Waals surface area contributed by atoms with Crippen LogP contribution in [-0.4, -0.2) is 6.61 Å². The van der Waals surface area contributed by atoms with E-state index in [0.29, 0.717) is 12.4 Å². The quantitative estimate of drug-likeness (QED) is 0.463. The molecule has 0 atom stereocenters. The number of hydrogen-bond donors (Lipinski definition) is 0. The van der Waals surface area contributed by atoms with Gasteiger partial charge in [-0.1, -0.05) is 5.75 Å². The predicted octanol–water partition coefficient (Wildman–Crippen LogP) is -1.86. The van der Waals surface area contributed by atoms with Gasteiger partial charge in [0.15, 0.2) is 0 Å². The van der Waals surface area contributed by atoms with Crippen LogP contribution in [0.15, 0.2) is 27.4 Å². The van der Waals surface area contributed by atoms with E-state index in [4.69, 9.17) is 14.4 Å². The van der Waals surface area contributed by atoms with E-state index in [-0.39, 0.29) is 40.5 Å². The van der Waals surface area contributed by atoms with Crippen LogP contribution in [0.4, 0.5) is 0 Å². The van der Waals surface area contributed by atoms with Crippen molar-refractivity contribution in [2.75, 3.05) is 6.61 Å². The molecule has 0 fully saturated rings. The zero-order chi connectivity index (χ0) is 12.4. The van der Waals surface area contributed by atoms with Gasteiger partial charge in [0.1, 0.15) is 23.0 Å². The molecule has 5 nitrogen and oxygen atoms in total. The van der Waals surface area contributed by atoms with Gasteiger partial charge in [0.05, 0.1) is 6.61 Å². The topological polar surface area (TPSA) is 86.3 Å². The van der Waals surface area contributed by atoms with Crippen LogP contribution in [0.2, 0.25) is 0 Å². The Balaban J connectivity index is 0.00000162. The molecular formula is C12H8NNaO4. The van der Waals surface area contributed by atoms with E-state index in [1.807, 2.05) is 6.92 Å². The van der Waals surface area contributed by atoms with Crippen molar-refractivity contribution in [3.63, 3.8) is 0 Å². The Morgan fingerprint density at radius 2 is 2.22 bits per heavy atom. The predicted molar refractivity (Wildman–Crippen MR) is 57.8 cm³/mol. The first kappa shape index (κ1) is 14.6. The minimum Gasteiger partial charge on any atom is -0.871 e. The smallest absolute Gasteiger partial charge is 0.871 e. The summed E-state index contributed by atoms with van der Waals surface area (Å²) < 4.78 is 10.1. The Hall–Kier alpha value is -1.48. The largest absolute Gasteiger partial charge is 1.00 e. The molecule has 1 aromatic carbocycles. The standard InChI is InChI=1S/C12H9NO4.Na/c1-2-16-7-3-4-8-10(5-7)17-12(15)9(6-13)11(8)14;/h3-5,14H,2H2,1H3;/q;+1/p-1. The van der Waals surface area contributed by atoms with Crippen LogP contribution in [0.3, 0.4) is 0 Å².